The first kappa shape index (κ1) is 29.8. The van der Waals surface area contributed by atoms with Crippen molar-refractivity contribution in [2.24, 2.45) is 0 Å². The van der Waals surface area contributed by atoms with Crippen LogP contribution in [0.2, 0.25) is 10.0 Å². The summed E-state index contributed by atoms with van der Waals surface area (Å²) in [6.07, 6.45) is 6.91. The van der Waals surface area contributed by atoms with Gasteiger partial charge in [-0.15, -0.1) is 0 Å². The molecule has 0 spiro atoms. The Bertz CT molecular complexity index is 1630. The van der Waals surface area contributed by atoms with E-state index in [1.165, 1.54) is 24.3 Å². The maximum Gasteiger partial charge on any atom is 0.335 e. The fraction of sp³-hybridized carbons (Fsp3) is 0.0625. The molecule has 4 aromatic carbocycles. The Morgan fingerprint density at radius 2 is 0.951 bits per heavy atom. The van der Waals surface area contributed by atoms with Crippen LogP contribution in [0.4, 0.5) is 0 Å². The summed E-state index contributed by atoms with van der Waals surface area (Å²) in [4.78, 5) is 22.2. The highest BCUT2D eigenvalue weighted by Gasteiger charge is 2.18. The van der Waals surface area contributed by atoms with Gasteiger partial charge in [0.15, 0.2) is 9.84 Å². The van der Waals surface area contributed by atoms with Crippen LogP contribution >= 0.6 is 23.2 Å². The second kappa shape index (κ2) is 13.0. The van der Waals surface area contributed by atoms with Crippen LogP contribution in [0.5, 0.6) is 0 Å². The van der Waals surface area contributed by atoms with Gasteiger partial charge >= 0.3 is 11.9 Å². The Labute approximate surface area is 247 Å². The molecule has 0 amide bonds. The first-order valence-electron chi connectivity index (χ1n) is 12.3. The van der Waals surface area contributed by atoms with E-state index in [-0.39, 0.29) is 22.6 Å². The molecule has 0 saturated carbocycles. The maximum absolute atomic E-state index is 13.4. The Balaban J connectivity index is 1.57. The van der Waals surface area contributed by atoms with Crippen LogP contribution in [-0.2, 0) is 21.3 Å². The lowest BCUT2D eigenvalue weighted by molar-refractivity contribution is 0.0686. The van der Waals surface area contributed by atoms with Gasteiger partial charge in [0.2, 0.25) is 0 Å². The highest BCUT2D eigenvalue weighted by molar-refractivity contribution is 7.89. The third-order valence-electron chi connectivity index (χ3n) is 6.24. The van der Waals surface area contributed by atoms with Crippen molar-refractivity contribution in [3.05, 3.63) is 139 Å². The van der Waals surface area contributed by atoms with Crippen molar-refractivity contribution in [3.63, 3.8) is 0 Å². The lowest BCUT2D eigenvalue weighted by atomic mass is 10.1. The predicted octanol–water partition coefficient (Wildman–Crippen LogP) is 7.85. The molecule has 0 radical (unpaired) electrons. The molecule has 0 aliphatic carbocycles. The average Bonchev–Trinajstić information content (AvgIpc) is 2.92. The number of halogens is 2. The van der Waals surface area contributed by atoms with E-state index in [9.17, 15) is 18.0 Å². The molecule has 4 rings (SSSR count). The lowest BCUT2D eigenvalue weighted by Gasteiger charge is -2.12. The Morgan fingerprint density at radius 1 is 0.585 bits per heavy atom. The van der Waals surface area contributed by atoms with Gasteiger partial charge in [0.25, 0.3) is 0 Å². The van der Waals surface area contributed by atoms with Crippen molar-refractivity contribution < 1.29 is 28.2 Å². The minimum atomic E-state index is -3.68. The topological polar surface area (TPSA) is 109 Å². The highest BCUT2D eigenvalue weighted by atomic mass is 35.5. The van der Waals surface area contributed by atoms with Crippen molar-refractivity contribution >= 4 is 69.3 Å². The zero-order valence-electron chi connectivity index (χ0n) is 21.5. The second-order valence-corrected chi connectivity index (χ2v) is 12.1. The van der Waals surface area contributed by atoms with Crippen LogP contribution in [0, 0.1) is 0 Å². The zero-order valence-corrected chi connectivity index (χ0v) is 23.8. The highest BCUT2D eigenvalue weighted by Crippen LogP contribution is 2.28. The summed E-state index contributed by atoms with van der Waals surface area (Å²) in [5, 5.41) is 18.9. The molecular weight excluding hydrogens is 583 g/mol. The fourth-order valence-electron chi connectivity index (χ4n) is 4.15. The number of hydrogen-bond donors (Lipinski definition) is 2. The van der Waals surface area contributed by atoms with Crippen LogP contribution in [0.3, 0.4) is 0 Å². The van der Waals surface area contributed by atoms with E-state index >= 15 is 0 Å². The first-order valence-corrected chi connectivity index (χ1v) is 14.9. The number of hydrogen-bond acceptors (Lipinski definition) is 4. The van der Waals surface area contributed by atoms with Gasteiger partial charge in [-0.1, -0.05) is 96.0 Å². The molecule has 6 nitrogen and oxygen atoms in total. The molecule has 0 unspecified atom stereocenters. The number of rotatable bonds is 10. The van der Waals surface area contributed by atoms with Gasteiger partial charge in [0.1, 0.15) is 0 Å². The smallest absolute Gasteiger partial charge is 0.335 e. The number of aromatic carboxylic acids is 2. The van der Waals surface area contributed by atoms with Gasteiger partial charge < -0.3 is 10.2 Å². The maximum atomic E-state index is 13.4. The molecule has 9 heteroatoms. The van der Waals surface area contributed by atoms with E-state index in [1.54, 1.807) is 85.0 Å². The Morgan fingerprint density at radius 3 is 1.29 bits per heavy atom. The molecule has 208 valence electrons. The number of sulfone groups is 1. The molecule has 0 aliphatic rings. The second-order valence-electron chi connectivity index (χ2n) is 9.18. The minimum absolute atomic E-state index is 0.165. The molecule has 0 bridgehead atoms. The minimum Gasteiger partial charge on any atom is -0.478 e. The zero-order chi connectivity index (χ0) is 29.6. The van der Waals surface area contributed by atoms with Crippen molar-refractivity contribution in [1.29, 1.82) is 0 Å². The normalized spacial score (nSPS) is 11.8. The molecule has 0 aliphatic heterocycles. The van der Waals surface area contributed by atoms with Gasteiger partial charge in [0, 0.05) is 10.0 Å². The van der Waals surface area contributed by atoms with E-state index in [0.29, 0.717) is 32.3 Å². The first-order chi connectivity index (χ1) is 19.5. The van der Waals surface area contributed by atoms with Crippen molar-refractivity contribution in [1.82, 2.24) is 0 Å². The van der Waals surface area contributed by atoms with Crippen LogP contribution < -0.4 is 0 Å². The summed E-state index contributed by atoms with van der Waals surface area (Å²) in [7, 11) is -3.68. The number of benzene rings is 4. The van der Waals surface area contributed by atoms with E-state index < -0.39 is 21.8 Å². The fourth-order valence-corrected chi connectivity index (χ4v) is 6.21. The summed E-state index contributed by atoms with van der Waals surface area (Å²) >= 11 is 12.9. The molecule has 0 fully saturated rings. The van der Waals surface area contributed by atoms with E-state index in [4.69, 9.17) is 33.4 Å². The third-order valence-corrected chi connectivity index (χ3v) is 8.40. The SMILES string of the molecule is O=C(O)c1ccc(/C=C/c2c(Cl)cccc2CS(=O)(=O)Cc2cccc(Cl)c2/C=C/c2ccc(C(=O)O)cc2)cc1. The van der Waals surface area contributed by atoms with Crippen molar-refractivity contribution in [3.8, 4) is 0 Å². The van der Waals surface area contributed by atoms with Crippen molar-refractivity contribution in [2.75, 3.05) is 0 Å². The summed E-state index contributed by atoms with van der Waals surface area (Å²) < 4.78 is 26.8. The quantitative estimate of drug-likeness (QED) is 0.178. The van der Waals surface area contributed by atoms with Gasteiger partial charge in [0.05, 0.1) is 22.6 Å². The standard InChI is InChI=1S/C32H24Cl2O6S/c33-29-5-1-3-25(27(29)17-11-21-7-13-23(14-8-21)31(35)36)19-41(39,40)20-26-4-2-6-30(34)28(26)18-12-22-9-15-24(16-10-22)32(37)38/h1-18H,19-20H2,(H,35,36)(H,37,38)/b17-11+,18-12+. The number of carboxylic acids is 2. The number of carboxylic acid groups (broad SMARTS) is 2. The molecule has 2 N–H and O–H groups in total. The average molecular weight is 608 g/mol. The van der Waals surface area contributed by atoms with E-state index in [2.05, 4.69) is 0 Å². The molecule has 41 heavy (non-hydrogen) atoms. The summed E-state index contributed by atoms with van der Waals surface area (Å²) in [6.45, 7) is 0. The van der Waals surface area contributed by atoms with Crippen LogP contribution in [0.15, 0.2) is 84.9 Å². The summed E-state index contributed by atoms with van der Waals surface area (Å²) in [5.74, 6) is -2.58. The molecule has 4 aromatic rings. The molecular formula is C32H24Cl2O6S. The molecule has 0 atom stereocenters. The van der Waals surface area contributed by atoms with E-state index in [0.717, 1.165) is 11.1 Å². The lowest BCUT2D eigenvalue weighted by Crippen LogP contribution is -2.10. The van der Waals surface area contributed by atoms with E-state index in [1.807, 2.05) is 0 Å². The van der Waals surface area contributed by atoms with Gasteiger partial charge in [-0.3, -0.25) is 0 Å². The third kappa shape index (κ3) is 7.95. The predicted molar refractivity (Wildman–Crippen MR) is 164 cm³/mol. The Hall–Kier alpha value is -4.17. The molecule has 0 saturated heterocycles. The van der Waals surface area contributed by atoms with Crippen LogP contribution in [0.25, 0.3) is 24.3 Å². The monoisotopic (exact) mass is 606 g/mol. The van der Waals surface area contributed by atoms with Crippen LogP contribution in [0.1, 0.15) is 54.1 Å². The summed E-state index contributed by atoms with van der Waals surface area (Å²) in [6, 6.07) is 22.7. The Kier molecular flexibility index (Phi) is 9.45. The van der Waals surface area contributed by atoms with Crippen LogP contribution in [-0.4, -0.2) is 30.6 Å². The van der Waals surface area contributed by atoms with Crippen molar-refractivity contribution in [2.45, 2.75) is 11.5 Å². The van der Waals surface area contributed by atoms with Gasteiger partial charge in [-0.05, 0) is 69.8 Å². The number of carbonyl (C=O) groups is 2. The molecule has 0 heterocycles. The largest absolute Gasteiger partial charge is 0.478 e. The summed E-state index contributed by atoms with van der Waals surface area (Å²) in [5.41, 5.74) is 3.94. The molecule has 0 aromatic heterocycles. The van der Waals surface area contributed by atoms with Gasteiger partial charge in [-0.2, -0.15) is 0 Å². The van der Waals surface area contributed by atoms with Gasteiger partial charge in [-0.25, -0.2) is 18.0 Å².